The van der Waals surface area contributed by atoms with Gasteiger partial charge in [-0.3, -0.25) is 9.55 Å². The number of pyridine rings is 1. The number of aromatic hydroxyl groups is 1. The largest absolute Gasteiger partial charge is 0.507 e. The topological polar surface area (TPSA) is 55.9 Å². The molecular weight excluding hydrogens is 1250 g/mol. The Bertz CT molecular complexity index is 4560. The summed E-state index contributed by atoms with van der Waals surface area (Å²) in [5, 5.41) is 14.0. The first-order valence-corrected chi connectivity index (χ1v) is 30.2. The maximum atomic E-state index is 14.9. The maximum absolute atomic E-state index is 14.9. The number of rotatable bonds is 8. The van der Waals surface area contributed by atoms with E-state index in [-0.39, 0.29) is 53.9 Å². The molecule has 442 valence electrons. The molecule has 0 radical (unpaired) electrons. The Balaban J connectivity index is 0.00000784. The van der Waals surface area contributed by atoms with Crippen molar-refractivity contribution in [3.63, 3.8) is 0 Å². The van der Waals surface area contributed by atoms with Crippen LogP contribution >= 0.6 is 0 Å². The van der Waals surface area contributed by atoms with Crippen LogP contribution in [0.25, 0.3) is 111 Å². The molecular formula is C80H78FN4OPt-. The predicted molar refractivity (Wildman–Crippen MR) is 360 cm³/mol. The van der Waals surface area contributed by atoms with E-state index in [2.05, 4.69) is 289 Å². The van der Waals surface area contributed by atoms with Gasteiger partial charge in [-0.1, -0.05) is 236 Å². The summed E-state index contributed by atoms with van der Waals surface area (Å²) in [5.41, 5.74) is 21.4. The molecule has 0 aliphatic carbocycles. The van der Waals surface area contributed by atoms with Gasteiger partial charge in [0.15, 0.2) is 0 Å². The summed E-state index contributed by atoms with van der Waals surface area (Å²) in [6, 6.07) is 70.2. The van der Waals surface area contributed by atoms with Crippen molar-refractivity contribution >= 4 is 32.8 Å². The normalized spacial score (nSPS) is 12.6. The van der Waals surface area contributed by atoms with Crippen LogP contribution < -0.4 is 0 Å². The molecule has 12 rings (SSSR count). The van der Waals surface area contributed by atoms with Crippen LogP contribution in [0.1, 0.15) is 132 Å². The number of para-hydroxylation sites is 3. The fourth-order valence-electron chi connectivity index (χ4n) is 12.1. The first kappa shape index (κ1) is 60.5. The summed E-state index contributed by atoms with van der Waals surface area (Å²) >= 11 is 0. The predicted octanol–water partition coefficient (Wildman–Crippen LogP) is 21.6. The molecule has 0 aliphatic heterocycles. The Hall–Kier alpha value is -8.18. The van der Waals surface area contributed by atoms with Crippen molar-refractivity contribution in [2.24, 2.45) is 0 Å². The van der Waals surface area contributed by atoms with Crippen LogP contribution in [-0.2, 0) is 48.1 Å². The van der Waals surface area contributed by atoms with E-state index >= 15 is 0 Å². The number of halogens is 1. The SMILES string of the molecule is CC(C)(C)c1cc(-n2c(-c3ccc(F)cc3O)nc3c(-c4[c-]c(-c5cc(-c6cccc7c8ccccc8n(-c8cc(C(C)(C)C)cc(C(C)(C)C)c8)c67)ccn5)cc(-c5cc(C(C)(C)C)ccc5-c5ccccc5)c4)cccc32)cc(C(C)(C)C)c1.[Pt]. The summed E-state index contributed by atoms with van der Waals surface area (Å²) < 4.78 is 19.6. The number of aromatic nitrogens is 4. The number of phenols is 1. The smallest absolute Gasteiger partial charge is 0.148 e. The Morgan fingerprint density at radius 3 is 1.56 bits per heavy atom. The van der Waals surface area contributed by atoms with Crippen LogP contribution in [0.15, 0.2) is 194 Å². The summed E-state index contributed by atoms with van der Waals surface area (Å²) in [7, 11) is 0. The molecule has 9 aromatic carbocycles. The monoisotopic (exact) mass is 1320 g/mol. The number of phenolic OH excluding ortho intramolecular Hbond substituents is 1. The van der Waals surface area contributed by atoms with Crippen LogP contribution in [0.4, 0.5) is 4.39 Å². The average Bonchev–Trinajstić information content (AvgIpc) is 1.64. The van der Waals surface area contributed by atoms with E-state index < -0.39 is 5.82 Å². The van der Waals surface area contributed by atoms with Gasteiger partial charge in [0, 0.05) is 66.7 Å². The first-order valence-electron chi connectivity index (χ1n) is 30.2. The van der Waals surface area contributed by atoms with Gasteiger partial charge in [-0.15, -0.1) is 23.8 Å². The van der Waals surface area contributed by atoms with E-state index in [1.54, 1.807) is 6.07 Å². The van der Waals surface area contributed by atoms with E-state index in [1.165, 1.54) is 50.7 Å². The number of hydrogen-bond acceptors (Lipinski definition) is 3. The molecule has 5 nitrogen and oxygen atoms in total. The molecule has 0 saturated heterocycles. The van der Waals surface area contributed by atoms with Crippen molar-refractivity contribution in [2.75, 3.05) is 0 Å². The molecule has 0 saturated carbocycles. The molecule has 12 aromatic rings. The summed E-state index contributed by atoms with van der Waals surface area (Å²) in [6.45, 7) is 34.0. The maximum Gasteiger partial charge on any atom is 0.148 e. The fourth-order valence-corrected chi connectivity index (χ4v) is 12.1. The van der Waals surface area contributed by atoms with E-state index in [4.69, 9.17) is 9.97 Å². The van der Waals surface area contributed by atoms with Gasteiger partial charge in [0.1, 0.15) is 17.4 Å². The zero-order valence-corrected chi connectivity index (χ0v) is 55.2. The molecule has 0 spiro atoms. The quantitative estimate of drug-likeness (QED) is 0.154. The number of hydrogen-bond donors (Lipinski definition) is 1. The van der Waals surface area contributed by atoms with E-state index in [0.29, 0.717) is 16.9 Å². The zero-order chi connectivity index (χ0) is 61.0. The molecule has 0 amide bonds. The second-order valence-corrected chi connectivity index (χ2v) is 28.7. The van der Waals surface area contributed by atoms with Gasteiger partial charge in [0.25, 0.3) is 0 Å². The van der Waals surface area contributed by atoms with Gasteiger partial charge in [-0.25, -0.2) is 9.37 Å². The zero-order valence-electron chi connectivity index (χ0n) is 52.9. The number of fused-ring (bicyclic) bond motifs is 4. The molecule has 0 unspecified atom stereocenters. The van der Waals surface area contributed by atoms with Gasteiger partial charge in [-0.05, 0) is 132 Å². The van der Waals surface area contributed by atoms with Crippen molar-refractivity contribution in [2.45, 2.75) is 131 Å². The van der Waals surface area contributed by atoms with Crippen molar-refractivity contribution in [3.05, 3.63) is 234 Å². The molecule has 0 bridgehead atoms. The standard InChI is InChI=1S/C80H78FN4O.Pt/c1-76(2,3)54-31-33-62(49-23-17-16-18-24-49)68(47-54)52-37-51(63-26-22-30-71-73(63)83-75(67-34-32-59(81)48-72(67)86)85(71)61-45-57(79(10,11)12)42-58(46-61)80(13,14)15)38-53(39-52)69-40-50(35-36-82-69)64-27-21-28-66-65-25-19-20-29-70(65)84(74(64)66)60-43-55(77(4,5)6)41-56(44-60)78(7,8)9;/h16-37,39-48,86H,1-15H3;/q-1;. The average molecular weight is 1330 g/mol. The molecule has 3 heterocycles. The molecule has 7 heteroatoms. The van der Waals surface area contributed by atoms with Crippen molar-refractivity contribution < 1.29 is 30.6 Å². The van der Waals surface area contributed by atoms with Gasteiger partial charge < -0.3 is 9.67 Å². The van der Waals surface area contributed by atoms with Crippen LogP contribution in [0.2, 0.25) is 0 Å². The van der Waals surface area contributed by atoms with Crippen LogP contribution in [0.5, 0.6) is 5.75 Å². The molecule has 0 atom stereocenters. The minimum atomic E-state index is -0.527. The Kier molecular flexibility index (Phi) is 15.4. The third-order valence-electron chi connectivity index (χ3n) is 17.2. The number of nitrogens with zero attached hydrogens (tertiary/aromatic N) is 4. The van der Waals surface area contributed by atoms with Gasteiger partial charge in [0.05, 0.1) is 27.6 Å². The Morgan fingerprint density at radius 2 is 0.943 bits per heavy atom. The van der Waals surface area contributed by atoms with Crippen LogP contribution in [0, 0.1) is 11.9 Å². The third-order valence-corrected chi connectivity index (χ3v) is 17.2. The Labute approximate surface area is 528 Å². The second-order valence-electron chi connectivity index (χ2n) is 28.7. The fraction of sp³-hybridized carbons (Fsp3) is 0.250. The molecule has 0 aliphatic rings. The molecule has 3 aromatic heterocycles. The van der Waals surface area contributed by atoms with Crippen LogP contribution in [0.3, 0.4) is 0 Å². The second kappa shape index (κ2) is 22.2. The Morgan fingerprint density at radius 1 is 0.402 bits per heavy atom. The minimum Gasteiger partial charge on any atom is -0.507 e. The number of benzene rings is 9. The van der Waals surface area contributed by atoms with E-state index in [9.17, 15) is 9.50 Å². The van der Waals surface area contributed by atoms with E-state index in [0.717, 1.165) is 83.7 Å². The first-order chi connectivity index (χ1) is 40.6. The summed E-state index contributed by atoms with van der Waals surface area (Å²) in [6.07, 6.45) is 1.94. The van der Waals surface area contributed by atoms with Gasteiger partial charge in [0.2, 0.25) is 0 Å². The number of imidazole rings is 1. The van der Waals surface area contributed by atoms with Crippen molar-refractivity contribution in [1.82, 2.24) is 19.1 Å². The van der Waals surface area contributed by atoms with Gasteiger partial charge >= 0.3 is 0 Å². The van der Waals surface area contributed by atoms with Crippen LogP contribution in [-0.4, -0.2) is 24.2 Å². The third kappa shape index (κ3) is 11.5. The molecule has 1 N–H and O–H groups in total. The van der Waals surface area contributed by atoms with Crippen molar-refractivity contribution in [1.29, 1.82) is 0 Å². The summed E-state index contributed by atoms with van der Waals surface area (Å²) in [4.78, 5) is 10.8. The van der Waals surface area contributed by atoms with Crippen molar-refractivity contribution in [3.8, 4) is 84.3 Å². The summed E-state index contributed by atoms with van der Waals surface area (Å²) in [5.74, 6) is -0.220. The van der Waals surface area contributed by atoms with Gasteiger partial charge in [-0.2, -0.15) is 0 Å². The molecule has 0 fully saturated rings. The molecule has 87 heavy (non-hydrogen) atoms. The van der Waals surface area contributed by atoms with E-state index in [1.807, 2.05) is 6.20 Å². The minimum absolute atomic E-state index is 0.